The fourth-order valence-electron chi connectivity index (χ4n) is 8.66. The van der Waals surface area contributed by atoms with Gasteiger partial charge in [0, 0.05) is 27.1 Å². The third kappa shape index (κ3) is 5.68. The number of nitrogens with zero attached hydrogens (tertiary/aromatic N) is 2. The number of carbonyl (C=O) groups excluding carboxylic acids is 1. The molecular weight excluding hydrogens is 633 g/mol. The van der Waals surface area contributed by atoms with Gasteiger partial charge in [0.1, 0.15) is 6.29 Å². The van der Waals surface area contributed by atoms with Crippen LogP contribution in [-0.2, 0) is 15.6 Å². The number of hydrogen-bond acceptors (Lipinski definition) is 2. The zero-order valence-electron chi connectivity index (χ0n) is 32.6. The summed E-state index contributed by atoms with van der Waals surface area (Å²) in [7, 11) is 0. The second-order valence-corrected chi connectivity index (χ2v) is 17.3. The zero-order valence-corrected chi connectivity index (χ0v) is 32.6. The summed E-state index contributed by atoms with van der Waals surface area (Å²) in [6.45, 7) is 24.5. The summed E-state index contributed by atoms with van der Waals surface area (Å²) in [6.07, 6.45) is 16.4. The minimum absolute atomic E-state index is 0.0122. The summed E-state index contributed by atoms with van der Waals surface area (Å²) in [4.78, 5) is 10.4. The Morgan fingerprint density at radius 3 is 2.21 bits per heavy atom. The van der Waals surface area contributed by atoms with E-state index in [-0.39, 0.29) is 10.8 Å². The number of allylic oxidation sites excluding steroid dienone is 6. The van der Waals surface area contributed by atoms with E-state index >= 15 is 0 Å². The Labute approximate surface area is 309 Å². The first-order valence-electron chi connectivity index (χ1n) is 19.0. The smallest absolute Gasteiger partial charge is 0.150 e. The fraction of sp³-hybridized carbons (Fsp3) is 0.347. The number of aromatic nitrogens is 1. The van der Waals surface area contributed by atoms with E-state index in [2.05, 4.69) is 128 Å². The molecule has 0 fully saturated rings. The summed E-state index contributed by atoms with van der Waals surface area (Å²) in [6, 6.07) is 17.0. The summed E-state index contributed by atoms with van der Waals surface area (Å²) in [5.74, 6) is 0.366. The molecule has 0 saturated carbocycles. The standard InChI is InChI=1S/C40H42N2.C9H10O/c1-22-13-11-10-12-14-27-25(21-41)17-34-37(35(22)27)36-30-18-26(39(4,5)6)19-32(40(7,8)9)28(30)20-31-29-15-23(2)24(3)16-33(29)42(34)38(31)36;1-2-8-5-3-4-6-9(8)7-10/h12,14-20,22H,10-11,13H2,1-9H3;2,4,6-7H,1,3,5H2/b14-12+;. The molecule has 0 bridgehead atoms. The Bertz CT molecular complexity index is 2580. The van der Waals surface area contributed by atoms with Crippen LogP contribution in [0.25, 0.3) is 54.9 Å². The van der Waals surface area contributed by atoms with Crippen molar-refractivity contribution in [3.63, 3.8) is 0 Å². The summed E-state index contributed by atoms with van der Waals surface area (Å²) in [5, 5.41) is 18.5. The first kappa shape index (κ1) is 35.5. The van der Waals surface area contributed by atoms with Crippen LogP contribution in [0.4, 0.5) is 0 Å². The Balaban J connectivity index is 0.000000365. The molecule has 8 rings (SSSR count). The molecular formula is C49H52N2O. The molecule has 1 atom stereocenters. The number of hydrogen-bond donors (Lipinski definition) is 0. The molecule has 3 nitrogen and oxygen atoms in total. The van der Waals surface area contributed by atoms with E-state index in [1.165, 1.54) is 83.1 Å². The molecule has 0 saturated heterocycles. The molecule has 2 aliphatic carbocycles. The first-order chi connectivity index (χ1) is 24.7. The van der Waals surface area contributed by atoms with Gasteiger partial charge in [-0.25, -0.2) is 0 Å². The van der Waals surface area contributed by atoms with Crippen LogP contribution in [0.5, 0.6) is 0 Å². The number of benzene rings is 4. The van der Waals surface area contributed by atoms with Crippen LogP contribution in [0.15, 0.2) is 78.4 Å². The van der Waals surface area contributed by atoms with E-state index in [1.54, 1.807) is 6.08 Å². The minimum atomic E-state index is -0.0122. The Morgan fingerprint density at radius 1 is 0.827 bits per heavy atom. The molecule has 2 aromatic heterocycles. The van der Waals surface area contributed by atoms with Crippen LogP contribution < -0.4 is 0 Å². The van der Waals surface area contributed by atoms with Gasteiger partial charge in [-0.3, -0.25) is 4.79 Å². The molecule has 0 N–H and O–H groups in total. The van der Waals surface area contributed by atoms with Crippen molar-refractivity contribution in [2.45, 2.75) is 111 Å². The molecule has 2 aliphatic rings. The lowest BCUT2D eigenvalue weighted by Gasteiger charge is -2.27. The summed E-state index contributed by atoms with van der Waals surface area (Å²) >= 11 is 0. The second kappa shape index (κ2) is 12.9. The normalized spacial score (nSPS) is 17.3. The SMILES string of the molecule is C=CC1=C(C=O)C=CCC1.Cc1cc2c3cc4c(C(C)(C)C)cc(C(C)(C)C)cc4c4c5c6c(c(C#N)cc5n(c2cc1C)c34)/C=C/CCCC6C. The summed E-state index contributed by atoms with van der Waals surface area (Å²) < 4.78 is 2.50. The van der Waals surface area contributed by atoms with Crippen molar-refractivity contribution in [3.8, 4) is 6.07 Å². The molecule has 4 aromatic carbocycles. The van der Waals surface area contributed by atoms with Gasteiger partial charge in [0.2, 0.25) is 0 Å². The maximum absolute atomic E-state index is 10.5. The third-order valence-corrected chi connectivity index (χ3v) is 11.7. The van der Waals surface area contributed by atoms with Crippen LogP contribution in [0, 0.1) is 25.2 Å². The number of nitriles is 1. The number of aldehydes is 1. The van der Waals surface area contributed by atoms with E-state index in [9.17, 15) is 10.1 Å². The fourth-order valence-corrected chi connectivity index (χ4v) is 8.66. The van der Waals surface area contributed by atoms with Gasteiger partial charge in [-0.1, -0.05) is 91.5 Å². The molecule has 0 amide bonds. The number of aryl methyl sites for hydroxylation is 2. The van der Waals surface area contributed by atoms with Gasteiger partial charge < -0.3 is 4.40 Å². The van der Waals surface area contributed by atoms with E-state index in [0.29, 0.717) is 5.92 Å². The van der Waals surface area contributed by atoms with Gasteiger partial charge in [-0.2, -0.15) is 5.26 Å². The lowest BCUT2D eigenvalue weighted by molar-refractivity contribution is -0.104. The minimum Gasteiger partial charge on any atom is -0.308 e. The van der Waals surface area contributed by atoms with Gasteiger partial charge in [0.25, 0.3) is 0 Å². The van der Waals surface area contributed by atoms with E-state index in [0.717, 1.165) is 54.2 Å². The van der Waals surface area contributed by atoms with Crippen molar-refractivity contribution >= 4 is 61.2 Å². The zero-order chi connectivity index (χ0) is 37.3. The highest BCUT2D eigenvalue weighted by Gasteiger charge is 2.30. The predicted octanol–water partition coefficient (Wildman–Crippen LogP) is 13.4. The highest BCUT2D eigenvalue weighted by atomic mass is 16.1. The molecule has 6 aromatic rings. The molecule has 3 heteroatoms. The lowest BCUT2D eigenvalue weighted by atomic mass is 9.77. The van der Waals surface area contributed by atoms with Crippen molar-refractivity contribution in [1.29, 1.82) is 5.26 Å². The van der Waals surface area contributed by atoms with E-state index in [1.807, 2.05) is 12.2 Å². The second-order valence-electron chi connectivity index (χ2n) is 17.3. The van der Waals surface area contributed by atoms with Gasteiger partial charge in [-0.15, -0.1) is 0 Å². The van der Waals surface area contributed by atoms with Crippen LogP contribution in [0.3, 0.4) is 0 Å². The molecule has 0 spiro atoms. The third-order valence-electron chi connectivity index (χ3n) is 11.7. The van der Waals surface area contributed by atoms with Crippen LogP contribution in [-0.4, -0.2) is 10.7 Å². The molecule has 264 valence electrons. The topological polar surface area (TPSA) is 45.3 Å². The maximum atomic E-state index is 10.5. The quantitative estimate of drug-likeness (QED) is 0.170. The molecule has 52 heavy (non-hydrogen) atoms. The maximum Gasteiger partial charge on any atom is 0.150 e. The van der Waals surface area contributed by atoms with Gasteiger partial charge in [-0.05, 0) is 143 Å². The van der Waals surface area contributed by atoms with Crippen LogP contribution in [0.2, 0.25) is 0 Å². The lowest BCUT2D eigenvalue weighted by Crippen LogP contribution is -2.16. The van der Waals surface area contributed by atoms with E-state index < -0.39 is 0 Å². The van der Waals surface area contributed by atoms with Crippen molar-refractivity contribution in [1.82, 2.24) is 4.40 Å². The summed E-state index contributed by atoms with van der Waals surface area (Å²) in [5.41, 5.74) is 14.3. The van der Waals surface area contributed by atoms with Gasteiger partial charge in [0.05, 0.1) is 28.2 Å². The first-order valence-corrected chi connectivity index (χ1v) is 19.0. The molecule has 2 heterocycles. The molecule has 0 radical (unpaired) electrons. The largest absolute Gasteiger partial charge is 0.308 e. The number of carbonyl (C=O) groups is 1. The monoisotopic (exact) mass is 684 g/mol. The number of rotatable bonds is 2. The van der Waals surface area contributed by atoms with Crippen molar-refractivity contribution in [3.05, 3.63) is 117 Å². The molecule has 1 unspecified atom stereocenters. The number of fused-ring (bicyclic) bond motifs is 10. The molecule has 0 aliphatic heterocycles. The van der Waals surface area contributed by atoms with Crippen molar-refractivity contribution < 1.29 is 4.79 Å². The highest BCUT2D eigenvalue weighted by molar-refractivity contribution is 6.32. The van der Waals surface area contributed by atoms with E-state index in [4.69, 9.17) is 0 Å². The van der Waals surface area contributed by atoms with Crippen LogP contribution >= 0.6 is 0 Å². The van der Waals surface area contributed by atoms with Crippen molar-refractivity contribution in [2.75, 3.05) is 0 Å². The van der Waals surface area contributed by atoms with Gasteiger partial charge >= 0.3 is 0 Å². The predicted molar refractivity (Wildman–Crippen MR) is 223 cm³/mol. The Hall–Kier alpha value is -4.94. The van der Waals surface area contributed by atoms with Gasteiger partial charge in [0.15, 0.2) is 0 Å². The Kier molecular flexibility index (Phi) is 8.81. The average Bonchev–Trinajstić information content (AvgIpc) is 3.59. The average molecular weight is 685 g/mol. The Morgan fingerprint density at radius 2 is 1.56 bits per heavy atom. The van der Waals surface area contributed by atoms with Crippen molar-refractivity contribution in [2.24, 2.45) is 0 Å². The highest BCUT2D eigenvalue weighted by Crippen LogP contribution is 2.50. The van der Waals surface area contributed by atoms with Crippen LogP contribution in [0.1, 0.15) is 125 Å².